The minimum atomic E-state index is 0.268. The molecule has 0 bridgehead atoms. The Balaban J connectivity index is 1.73. The summed E-state index contributed by atoms with van der Waals surface area (Å²) in [5, 5.41) is 1.96. The molecule has 0 aliphatic carbocycles. The van der Waals surface area contributed by atoms with E-state index in [0.29, 0.717) is 6.42 Å². The molecule has 0 saturated heterocycles. The summed E-state index contributed by atoms with van der Waals surface area (Å²) in [7, 11) is 2.11. The van der Waals surface area contributed by atoms with Crippen LogP contribution in [0.3, 0.4) is 0 Å². The highest BCUT2D eigenvalue weighted by molar-refractivity contribution is 7.12. The number of thiophene rings is 1. The zero-order valence-corrected chi connectivity index (χ0v) is 13.0. The third kappa shape index (κ3) is 4.58. The number of rotatable bonds is 7. The standard InChI is InChI=1S/C17H21NOS/c1-14-6-3-7-15(12-14)13-18(2)10-4-8-16(19)17-9-5-11-20-17/h3,5-7,9,11-12H,4,8,10,13H2,1-2H3. The summed E-state index contributed by atoms with van der Waals surface area (Å²) >= 11 is 1.53. The molecule has 3 heteroatoms. The first kappa shape index (κ1) is 14.9. The van der Waals surface area contributed by atoms with Crippen LogP contribution in [0.4, 0.5) is 0 Å². The van der Waals surface area contributed by atoms with Crippen molar-refractivity contribution in [2.24, 2.45) is 0 Å². The number of ketones is 1. The fourth-order valence-electron chi connectivity index (χ4n) is 2.27. The van der Waals surface area contributed by atoms with Crippen LogP contribution in [-0.4, -0.2) is 24.3 Å². The van der Waals surface area contributed by atoms with Crippen LogP contribution in [0, 0.1) is 6.92 Å². The van der Waals surface area contributed by atoms with Crippen molar-refractivity contribution in [3.05, 3.63) is 57.8 Å². The predicted molar refractivity (Wildman–Crippen MR) is 85.4 cm³/mol. The van der Waals surface area contributed by atoms with Gasteiger partial charge in [-0.1, -0.05) is 35.9 Å². The number of carbonyl (C=O) groups excluding carboxylic acids is 1. The van der Waals surface area contributed by atoms with Gasteiger partial charge in [-0.05, 0) is 43.9 Å². The number of hydrogen-bond donors (Lipinski definition) is 0. The lowest BCUT2D eigenvalue weighted by atomic mass is 10.1. The third-order valence-electron chi connectivity index (χ3n) is 3.27. The summed E-state index contributed by atoms with van der Waals surface area (Å²) in [6, 6.07) is 12.4. The largest absolute Gasteiger partial charge is 0.302 e. The molecule has 0 atom stereocenters. The highest BCUT2D eigenvalue weighted by atomic mass is 32.1. The average molecular weight is 287 g/mol. The predicted octanol–water partition coefficient (Wildman–Crippen LogP) is 4.15. The fourth-order valence-corrected chi connectivity index (χ4v) is 2.97. The molecule has 0 aliphatic rings. The molecular weight excluding hydrogens is 266 g/mol. The summed E-state index contributed by atoms with van der Waals surface area (Å²) in [6.45, 7) is 4.00. The van der Waals surface area contributed by atoms with Crippen molar-refractivity contribution in [1.82, 2.24) is 4.90 Å². The van der Waals surface area contributed by atoms with E-state index in [1.54, 1.807) is 0 Å². The Labute approximate surface area is 125 Å². The highest BCUT2D eigenvalue weighted by Gasteiger charge is 2.07. The second-order valence-electron chi connectivity index (χ2n) is 5.23. The van der Waals surface area contributed by atoms with E-state index in [-0.39, 0.29) is 5.78 Å². The van der Waals surface area contributed by atoms with Crippen LogP contribution < -0.4 is 0 Å². The smallest absolute Gasteiger partial charge is 0.172 e. The van der Waals surface area contributed by atoms with Crippen LogP contribution in [0.15, 0.2) is 41.8 Å². The number of benzene rings is 1. The van der Waals surface area contributed by atoms with Gasteiger partial charge in [0.1, 0.15) is 0 Å². The summed E-state index contributed by atoms with van der Waals surface area (Å²) in [6.07, 6.45) is 1.55. The molecule has 0 saturated carbocycles. The molecular formula is C17H21NOS. The number of Topliss-reactive ketones (excluding diaryl/α,β-unsaturated/α-hetero) is 1. The molecule has 2 rings (SSSR count). The monoisotopic (exact) mass is 287 g/mol. The van der Waals surface area contributed by atoms with E-state index in [4.69, 9.17) is 0 Å². The van der Waals surface area contributed by atoms with Gasteiger partial charge in [0, 0.05) is 13.0 Å². The van der Waals surface area contributed by atoms with E-state index in [1.807, 2.05) is 17.5 Å². The zero-order valence-electron chi connectivity index (χ0n) is 12.1. The maximum atomic E-state index is 11.9. The van der Waals surface area contributed by atoms with Crippen LogP contribution in [-0.2, 0) is 6.54 Å². The maximum Gasteiger partial charge on any atom is 0.172 e. The molecule has 20 heavy (non-hydrogen) atoms. The Hall–Kier alpha value is -1.45. The number of nitrogens with zero attached hydrogens (tertiary/aromatic N) is 1. The van der Waals surface area contributed by atoms with Crippen molar-refractivity contribution in [3.63, 3.8) is 0 Å². The molecule has 0 amide bonds. The molecule has 0 fully saturated rings. The van der Waals surface area contributed by atoms with E-state index in [1.165, 1.54) is 22.5 Å². The lowest BCUT2D eigenvalue weighted by Crippen LogP contribution is -2.19. The van der Waals surface area contributed by atoms with Gasteiger partial charge in [0.15, 0.2) is 5.78 Å². The second-order valence-corrected chi connectivity index (χ2v) is 6.18. The van der Waals surface area contributed by atoms with Crippen LogP contribution in [0.2, 0.25) is 0 Å². The first-order valence-corrected chi connectivity index (χ1v) is 7.84. The Morgan fingerprint density at radius 3 is 2.80 bits per heavy atom. The average Bonchev–Trinajstić information content (AvgIpc) is 2.92. The zero-order chi connectivity index (χ0) is 14.4. The number of hydrogen-bond acceptors (Lipinski definition) is 3. The summed E-state index contributed by atoms with van der Waals surface area (Å²) in [5.74, 6) is 0.268. The molecule has 0 radical (unpaired) electrons. The van der Waals surface area contributed by atoms with E-state index < -0.39 is 0 Å². The lowest BCUT2D eigenvalue weighted by Gasteiger charge is -2.16. The molecule has 1 aromatic carbocycles. The molecule has 0 aliphatic heterocycles. The number of aryl methyl sites for hydroxylation is 1. The molecule has 1 heterocycles. The van der Waals surface area contributed by atoms with Crippen molar-refractivity contribution in [3.8, 4) is 0 Å². The SMILES string of the molecule is Cc1cccc(CN(C)CCCC(=O)c2cccs2)c1. The summed E-state index contributed by atoms with van der Waals surface area (Å²) < 4.78 is 0. The lowest BCUT2D eigenvalue weighted by molar-refractivity contribution is 0.0980. The van der Waals surface area contributed by atoms with E-state index >= 15 is 0 Å². The first-order valence-electron chi connectivity index (χ1n) is 6.96. The molecule has 1 aromatic heterocycles. The maximum absolute atomic E-state index is 11.9. The minimum absolute atomic E-state index is 0.268. The molecule has 2 aromatic rings. The highest BCUT2D eigenvalue weighted by Crippen LogP contribution is 2.13. The van der Waals surface area contributed by atoms with Gasteiger partial charge >= 0.3 is 0 Å². The first-order chi connectivity index (χ1) is 9.65. The fraction of sp³-hybridized carbons (Fsp3) is 0.353. The van der Waals surface area contributed by atoms with Crippen LogP contribution in [0.25, 0.3) is 0 Å². The van der Waals surface area contributed by atoms with E-state index in [2.05, 4.69) is 43.1 Å². The van der Waals surface area contributed by atoms with Crippen LogP contribution in [0.5, 0.6) is 0 Å². The Morgan fingerprint density at radius 1 is 1.25 bits per heavy atom. The summed E-state index contributed by atoms with van der Waals surface area (Å²) in [4.78, 5) is 15.0. The van der Waals surface area contributed by atoms with Gasteiger partial charge in [-0.3, -0.25) is 4.79 Å². The van der Waals surface area contributed by atoms with Gasteiger partial charge in [-0.15, -0.1) is 11.3 Å². The van der Waals surface area contributed by atoms with Crippen LogP contribution in [0.1, 0.15) is 33.6 Å². The third-order valence-corrected chi connectivity index (χ3v) is 4.19. The van der Waals surface area contributed by atoms with E-state index in [9.17, 15) is 4.79 Å². The molecule has 2 nitrogen and oxygen atoms in total. The minimum Gasteiger partial charge on any atom is -0.302 e. The van der Waals surface area contributed by atoms with Crippen molar-refractivity contribution >= 4 is 17.1 Å². The molecule has 0 unspecified atom stereocenters. The van der Waals surface area contributed by atoms with Gasteiger partial charge in [0.25, 0.3) is 0 Å². The van der Waals surface area contributed by atoms with Gasteiger partial charge in [-0.25, -0.2) is 0 Å². The van der Waals surface area contributed by atoms with Gasteiger partial charge in [0.05, 0.1) is 4.88 Å². The Morgan fingerprint density at radius 2 is 2.10 bits per heavy atom. The van der Waals surface area contributed by atoms with Gasteiger partial charge in [-0.2, -0.15) is 0 Å². The van der Waals surface area contributed by atoms with Gasteiger partial charge in [0.2, 0.25) is 0 Å². The summed E-state index contributed by atoms with van der Waals surface area (Å²) in [5.41, 5.74) is 2.63. The van der Waals surface area contributed by atoms with Crippen molar-refractivity contribution in [1.29, 1.82) is 0 Å². The number of carbonyl (C=O) groups is 1. The quantitative estimate of drug-likeness (QED) is 0.713. The van der Waals surface area contributed by atoms with Crippen molar-refractivity contribution in [2.45, 2.75) is 26.3 Å². The molecule has 106 valence electrons. The van der Waals surface area contributed by atoms with Crippen molar-refractivity contribution < 1.29 is 4.79 Å². The molecule has 0 spiro atoms. The second kappa shape index (κ2) is 7.36. The Kier molecular flexibility index (Phi) is 5.50. The van der Waals surface area contributed by atoms with Gasteiger partial charge < -0.3 is 4.90 Å². The Bertz CT molecular complexity index is 548. The molecule has 0 N–H and O–H groups in total. The normalized spacial score (nSPS) is 10.9. The van der Waals surface area contributed by atoms with Crippen LogP contribution >= 0.6 is 11.3 Å². The topological polar surface area (TPSA) is 20.3 Å². The van der Waals surface area contributed by atoms with E-state index in [0.717, 1.165) is 24.4 Å². The van der Waals surface area contributed by atoms with Crippen molar-refractivity contribution in [2.75, 3.05) is 13.6 Å².